The van der Waals surface area contributed by atoms with Gasteiger partial charge in [-0.2, -0.15) is 4.39 Å². The topological polar surface area (TPSA) is 204 Å². The zero-order valence-corrected chi connectivity index (χ0v) is 23.2. The highest BCUT2D eigenvalue weighted by molar-refractivity contribution is 6.22. The van der Waals surface area contributed by atoms with Crippen molar-refractivity contribution in [1.29, 1.82) is 5.41 Å². The number of phenolic OH excluding ortho intramolecular Hbond substituents is 1. The van der Waals surface area contributed by atoms with Crippen LogP contribution < -0.4 is 15.2 Å². The lowest BCUT2D eigenvalue weighted by molar-refractivity contribution is -0.158. The fraction of sp³-hybridized carbons (Fsp3) is 0.241. The second kappa shape index (κ2) is 11.6. The van der Waals surface area contributed by atoms with E-state index < -0.39 is 46.4 Å². The van der Waals surface area contributed by atoms with Crippen LogP contribution in [0.2, 0.25) is 0 Å². The van der Waals surface area contributed by atoms with Gasteiger partial charge in [-0.1, -0.05) is 0 Å². The highest BCUT2D eigenvalue weighted by Crippen LogP contribution is 2.41. The minimum absolute atomic E-state index is 0.0241. The molecular formula is C29H26F2N6O7. The lowest BCUT2D eigenvalue weighted by atomic mass is 9.85. The Bertz CT molecular complexity index is 1750. The molecule has 5 rings (SSSR count). The van der Waals surface area contributed by atoms with Crippen molar-refractivity contribution < 1.29 is 43.2 Å². The number of nitrogens with one attached hydrogen (secondary N) is 1. The molecule has 1 saturated carbocycles. The molecular weight excluding hydrogens is 582 g/mol. The molecule has 44 heavy (non-hydrogen) atoms. The SMILES string of the molecule is CN1CCN=C1c1cc(N=C2CCCC2(C(=O)O)C(=O)O)ccc1Oc1c(F)cnc(Oc2cc(C(=N)N)ccc2O)c1F. The molecule has 0 spiro atoms. The van der Waals surface area contributed by atoms with Crippen molar-refractivity contribution in [2.45, 2.75) is 19.3 Å². The van der Waals surface area contributed by atoms with E-state index in [-0.39, 0.29) is 52.7 Å². The number of aromatic nitrogens is 1. The van der Waals surface area contributed by atoms with Gasteiger partial charge in [0.2, 0.25) is 17.0 Å². The molecule has 2 aromatic carbocycles. The van der Waals surface area contributed by atoms with Crippen molar-refractivity contribution in [3.63, 3.8) is 0 Å². The number of aromatic hydroxyl groups is 1. The quantitative estimate of drug-likeness (QED) is 0.134. The van der Waals surface area contributed by atoms with Crippen LogP contribution in [0.5, 0.6) is 28.9 Å². The number of nitrogens with two attached hydrogens (primary N) is 1. The Balaban J connectivity index is 1.55. The van der Waals surface area contributed by atoms with Crippen molar-refractivity contribution in [2.24, 2.45) is 21.1 Å². The van der Waals surface area contributed by atoms with Crippen molar-refractivity contribution in [2.75, 3.05) is 20.1 Å². The zero-order chi connectivity index (χ0) is 31.8. The number of likely N-dealkylation sites (N-methyl/N-ethyl adjacent to an activating group) is 1. The molecule has 0 unspecified atom stereocenters. The number of nitrogen functional groups attached to an aromatic ring is 1. The smallest absolute Gasteiger partial charge is 0.326 e. The van der Waals surface area contributed by atoms with Crippen molar-refractivity contribution in [3.05, 3.63) is 65.4 Å². The Hall–Kier alpha value is -5.60. The lowest BCUT2D eigenvalue weighted by Gasteiger charge is -2.20. The summed E-state index contributed by atoms with van der Waals surface area (Å²) >= 11 is 0. The van der Waals surface area contributed by atoms with E-state index in [0.717, 1.165) is 0 Å². The number of amidine groups is 2. The molecule has 1 aliphatic heterocycles. The monoisotopic (exact) mass is 608 g/mol. The predicted molar refractivity (Wildman–Crippen MR) is 153 cm³/mol. The summed E-state index contributed by atoms with van der Waals surface area (Å²) in [5.41, 5.74) is 3.91. The van der Waals surface area contributed by atoms with Crippen molar-refractivity contribution >= 4 is 35.0 Å². The van der Waals surface area contributed by atoms with Crippen LogP contribution in [-0.2, 0) is 9.59 Å². The zero-order valence-electron chi connectivity index (χ0n) is 23.2. The Labute approximate surface area is 248 Å². The third-order valence-electron chi connectivity index (χ3n) is 7.30. The molecule has 0 saturated heterocycles. The Morgan fingerprint density at radius 3 is 2.52 bits per heavy atom. The second-order valence-corrected chi connectivity index (χ2v) is 10.1. The number of aliphatic imine (C=N–C) groups is 2. The maximum atomic E-state index is 15.6. The number of carboxylic acid groups (broad SMARTS) is 2. The highest BCUT2D eigenvalue weighted by atomic mass is 19.1. The second-order valence-electron chi connectivity index (χ2n) is 10.1. The highest BCUT2D eigenvalue weighted by Gasteiger charge is 2.54. The van der Waals surface area contributed by atoms with Crippen LogP contribution in [0.3, 0.4) is 0 Å². The van der Waals surface area contributed by atoms with Crippen LogP contribution in [-0.4, -0.2) is 74.7 Å². The number of hydrogen-bond acceptors (Lipinski definition) is 10. The van der Waals surface area contributed by atoms with Crippen LogP contribution in [0, 0.1) is 22.5 Å². The number of nitrogens with zero attached hydrogens (tertiary/aromatic N) is 4. The van der Waals surface area contributed by atoms with E-state index in [1.807, 2.05) is 0 Å². The third kappa shape index (κ3) is 5.34. The van der Waals surface area contributed by atoms with Crippen molar-refractivity contribution in [3.8, 4) is 28.9 Å². The summed E-state index contributed by atoms with van der Waals surface area (Å²) in [6, 6.07) is 7.93. The molecule has 15 heteroatoms. The van der Waals surface area contributed by atoms with Crippen LogP contribution in [0.15, 0.2) is 52.6 Å². The first kappa shape index (κ1) is 29.9. The van der Waals surface area contributed by atoms with Gasteiger partial charge in [0.15, 0.2) is 17.3 Å². The minimum Gasteiger partial charge on any atom is -0.504 e. The molecule has 2 aliphatic rings. The van der Waals surface area contributed by atoms with Gasteiger partial charge in [0.1, 0.15) is 17.4 Å². The standard InChI is InChI=1S/C29H26F2N6O7/c1-37-10-9-34-25(37)16-12-15(36-21-3-2-8-29(21,27(39)40)28(41)42)5-7-19(16)43-23-17(30)13-35-26(22(23)31)44-20-11-14(24(32)33)4-6-18(20)38/h4-7,11-13,38H,2-3,8-10H2,1H3,(H3,32,33)(H,39,40)(H,41,42). The number of rotatable bonds is 9. The molecule has 3 aromatic rings. The van der Waals surface area contributed by atoms with E-state index in [0.29, 0.717) is 31.5 Å². The number of pyridine rings is 1. The van der Waals surface area contributed by atoms with Crippen LogP contribution in [0.1, 0.15) is 30.4 Å². The first-order valence-corrected chi connectivity index (χ1v) is 13.2. The van der Waals surface area contributed by atoms with Gasteiger partial charge < -0.3 is 35.4 Å². The summed E-state index contributed by atoms with van der Waals surface area (Å²) in [7, 11) is 1.74. The van der Waals surface area contributed by atoms with Gasteiger partial charge in [-0.25, -0.2) is 9.37 Å². The van der Waals surface area contributed by atoms with E-state index in [9.17, 15) is 29.3 Å². The maximum absolute atomic E-state index is 15.6. The minimum atomic E-state index is -2.16. The number of carbonyl (C=O) groups is 2. The van der Waals surface area contributed by atoms with Gasteiger partial charge in [0.05, 0.1) is 24.0 Å². The average Bonchev–Trinajstić information content (AvgIpc) is 3.60. The fourth-order valence-electron chi connectivity index (χ4n) is 4.99. The summed E-state index contributed by atoms with van der Waals surface area (Å²) < 4.78 is 41.6. The Morgan fingerprint density at radius 2 is 1.86 bits per heavy atom. The molecule has 1 aliphatic carbocycles. The maximum Gasteiger partial charge on any atom is 0.326 e. The predicted octanol–water partition coefficient (Wildman–Crippen LogP) is 4.04. The molecule has 0 radical (unpaired) electrons. The van der Waals surface area contributed by atoms with Gasteiger partial charge in [0, 0.05) is 24.9 Å². The fourth-order valence-corrected chi connectivity index (χ4v) is 4.99. The van der Waals surface area contributed by atoms with Crippen LogP contribution in [0.4, 0.5) is 14.5 Å². The van der Waals surface area contributed by atoms with Gasteiger partial charge >= 0.3 is 11.9 Å². The van der Waals surface area contributed by atoms with Crippen molar-refractivity contribution in [1.82, 2.24) is 9.88 Å². The van der Waals surface area contributed by atoms with Crippen LogP contribution >= 0.6 is 0 Å². The third-order valence-corrected chi connectivity index (χ3v) is 7.30. The number of halogens is 2. The molecule has 2 heterocycles. The number of aliphatic carboxylic acids is 2. The van der Waals surface area contributed by atoms with Gasteiger partial charge in [-0.15, -0.1) is 0 Å². The molecule has 0 amide bonds. The number of hydrogen-bond donors (Lipinski definition) is 5. The number of carboxylic acids is 2. The van der Waals surface area contributed by atoms with Gasteiger partial charge in [-0.3, -0.25) is 25.0 Å². The van der Waals surface area contributed by atoms with E-state index in [1.54, 1.807) is 11.9 Å². The van der Waals surface area contributed by atoms with Crippen LogP contribution in [0.25, 0.3) is 0 Å². The van der Waals surface area contributed by atoms with Gasteiger partial charge in [-0.05, 0) is 55.7 Å². The molecule has 0 bridgehead atoms. The summed E-state index contributed by atoms with van der Waals surface area (Å²) in [5.74, 6) is -7.85. The molecule has 1 fully saturated rings. The van der Waals surface area contributed by atoms with E-state index in [4.69, 9.17) is 20.6 Å². The molecule has 228 valence electrons. The Kier molecular flexibility index (Phi) is 7.87. The normalized spacial score (nSPS) is 16.6. The number of ether oxygens (including phenoxy) is 2. The lowest BCUT2D eigenvalue weighted by Crippen LogP contribution is -2.42. The van der Waals surface area contributed by atoms with E-state index in [1.165, 1.54) is 36.4 Å². The molecule has 6 N–H and O–H groups in total. The molecule has 0 atom stereocenters. The van der Waals surface area contributed by atoms with E-state index in [2.05, 4.69) is 15.0 Å². The van der Waals surface area contributed by atoms with Gasteiger partial charge in [0.25, 0.3) is 5.88 Å². The summed E-state index contributed by atoms with van der Waals surface area (Å²) in [4.78, 5) is 38.2. The first-order chi connectivity index (χ1) is 20.9. The average molecular weight is 609 g/mol. The largest absolute Gasteiger partial charge is 0.504 e. The number of benzene rings is 2. The van der Waals surface area contributed by atoms with E-state index >= 15 is 4.39 Å². The molecule has 13 nitrogen and oxygen atoms in total. The summed E-state index contributed by atoms with van der Waals surface area (Å²) in [6.07, 6.45) is 1.04. The first-order valence-electron chi connectivity index (χ1n) is 13.2. The summed E-state index contributed by atoms with van der Waals surface area (Å²) in [5, 5.41) is 37.2. The number of phenols is 1. The Morgan fingerprint density at radius 1 is 1.11 bits per heavy atom. The molecule has 1 aromatic heterocycles. The summed E-state index contributed by atoms with van der Waals surface area (Å²) in [6.45, 7) is 0.956.